The number of hydrogen-bond donors (Lipinski definition) is 1. The van der Waals surface area contributed by atoms with Crippen molar-refractivity contribution in [3.63, 3.8) is 0 Å². The van der Waals surface area contributed by atoms with Crippen LogP contribution in [0.1, 0.15) is 12.8 Å². The van der Waals surface area contributed by atoms with Gasteiger partial charge in [0.15, 0.2) is 0 Å². The van der Waals surface area contributed by atoms with Gasteiger partial charge in [-0.25, -0.2) is 0 Å². The second kappa shape index (κ2) is 3.41. The molecule has 0 fully saturated rings. The van der Waals surface area contributed by atoms with Gasteiger partial charge in [-0.3, -0.25) is 5.43 Å². The molecular weight excluding hydrogens is 170 g/mol. The van der Waals surface area contributed by atoms with Crippen LogP contribution in [-0.4, -0.2) is 22.9 Å². The van der Waals surface area contributed by atoms with Crippen molar-refractivity contribution < 1.29 is 0 Å². The number of hydrazine groups is 1. The fourth-order valence-corrected chi connectivity index (χ4v) is 1.92. The topological polar surface area (TPSA) is 18.5 Å². The molecule has 2 aliphatic rings. The fraction of sp³-hybridized carbons (Fsp3) is 0.500. The molecular formula is C8H13N3S. The minimum atomic E-state index is 1.13. The Morgan fingerprint density at radius 1 is 1.58 bits per heavy atom. The average molecular weight is 183 g/mol. The molecule has 0 saturated carbocycles. The lowest BCUT2D eigenvalue weighted by molar-refractivity contribution is 0.348. The van der Waals surface area contributed by atoms with E-state index < -0.39 is 0 Å². The molecule has 0 spiro atoms. The van der Waals surface area contributed by atoms with E-state index in [2.05, 4.69) is 28.0 Å². The third-order valence-electron chi connectivity index (χ3n) is 1.96. The Morgan fingerprint density at radius 2 is 2.50 bits per heavy atom. The van der Waals surface area contributed by atoms with Crippen molar-refractivity contribution in [1.82, 2.24) is 14.7 Å². The van der Waals surface area contributed by atoms with Crippen LogP contribution in [-0.2, 0) is 0 Å². The maximum Gasteiger partial charge on any atom is 0.129 e. The molecule has 0 radical (unpaired) electrons. The minimum Gasteiger partial charge on any atom is -0.334 e. The van der Waals surface area contributed by atoms with Crippen LogP contribution in [0.25, 0.3) is 0 Å². The van der Waals surface area contributed by atoms with Gasteiger partial charge in [0.1, 0.15) is 5.82 Å². The van der Waals surface area contributed by atoms with E-state index in [9.17, 15) is 0 Å². The lowest BCUT2D eigenvalue weighted by atomic mass is 10.2. The second-order valence-corrected chi connectivity index (χ2v) is 3.93. The summed E-state index contributed by atoms with van der Waals surface area (Å²) in [6.45, 7) is 1.13. The Balaban J connectivity index is 2.00. The summed E-state index contributed by atoms with van der Waals surface area (Å²) in [6.07, 6.45) is 6.84. The summed E-state index contributed by atoms with van der Waals surface area (Å²) in [4.78, 5) is 2.25. The van der Waals surface area contributed by atoms with E-state index in [0.717, 1.165) is 6.54 Å². The van der Waals surface area contributed by atoms with Gasteiger partial charge in [0.25, 0.3) is 0 Å². The molecule has 1 N–H and O–H groups in total. The highest BCUT2D eigenvalue weighted by Gasteiger charge is 2.15. The van der Waals surface area contributed by atoms with E-state index in [4.69, 9.17) is 0 Å². The lowest BCUT2D eigenvalue weighted by Crippen LogP contribution is -2.32. The average Bonchev–Trinajstić information content (AvgIpc) is 2.54. The van der Waals surface area contributed by atoms with Crippen LogP contribution in [0.15, 0.2) is 23.5 Å². The second-order valence-electron chi connectivity index (χ2n) is 2.94. The predicted molar refractivity (Wildman–Crippen MR) is 51.7 cm³/mol. The summed E-state index contributed by atoms with van der Waals surface area (Å²) in [6, 6.07) is 0. The van der Waals surface area contributed by atoms with Crippen molar-refractivity contribution in [2.45, 2.75) is 12.8 Å². The molecule has 0 aromatic rings. The molecule has 0 saturated heterocycles. The quantitative estimate of drug-likeness (QED) is 0.621. The molecule has 0 atom stereocenters. The standard InChI is InChI=1S/C8H13N3S/c1-10-9-8(7-12-10)11-5-3-2-4-6-11/h3,5,7,9H,2,4,6H2,1H3. The third-order valence-corrected chi connectivity index (χ3v) is 2.70. The van der Waals surface area contributed by atoms with Gasteiger partial charge in [-0.15, -0.1) is 0 Å². The zero-order valence-corrected chi connectivity index (χ0v) is 7.97. The molecule has 0 aliphatic carbocycles. The summed E-state index contributed by atoms with van der Waals surface area (Å²) in [5, 5.41) is 2.13. The molecule has 2 aliphatic heterocycles. The molecule has 12 heavy (non-hydrogen) atoms. The first-order valence-electron chi connectivity index (χ1n) is 4.17. The van der Waals surface area contributed by atoms with Crippen molar-refractivity contribution in [1.29, 1.82) is 0 Å². The van der Waals surface area contributed by atoms with Crippen molar-refractivity contribution in [3.8, 4) is 0 Å². The molecule has 0 amide bonds. The summed E-state index contributed by atoms with van der Waals surface area (Å²) in [5.41, 5.74) is 3.26. The first-order valence-corrected chi connectivity index (χ1v) is 5.00. The van der Waals surface area contributed by atoms with Gasteiger partial charge in [-0.2, -0.15) is 4.41 Å². The van der Waals surface area contributed by atoms with Gasteiger partial charge >= 0.3 is 0 Å². The van der Waals surface area contributed by atoms with Gasteiger partial charge in [-0.05, 0) is 24.8 Å². The van der Waals surface area contributed by atoms with Crippen molar-refractivity contribution >= 4 is 11.9 Å². The first kappa shape index (κ1) is 8.01. The number of hydrogen-bond acceptors (Lipinski definition) is 4. The third kappa shape index (κ3) is 1.59. The van der Waals surface area contributed by atoms with Crippen molar-refractivity contribution in [2.24, 2.45) is 0 Å². The smallest absolute Gasteiger partial charge is 0.129 e. The van der Waals surface area contributed by atoms with E-state index in [-0.39, 0.29) is 0 Å². The Bertz CT molecular complexity index is 224. The van der Waals surface area contributed by atoms with Crippen LogP contribution in [0.5, 0.6) is 0 Å². The van der Waals surface area contributed by atoms with Crippen LogP contribution >= 0.6 is 11.9 Å². The minimum absolute atomic E-state index is 1.13. The van der Waals surface area contributed by atoms with E-state index in [1.54, 1.807) is 11.9 Å². The van der Waals surface area contributed by atoms with Gasteiger partial charge in [0.05, 0.1) is 0 Å². The van der Waals surface area contributed by atoms with E-state index in [1.807, 2.05) is 11.5 Å². The maximum atomic E-state index is 3.26. The zero-order valence-electron chi connectivity index (χ0n) is 7.16. The molecule has 2 rings (SSSR count). The number of nitrogens with one attached hydrogen (secondary N) is 1. The summed E-state index contributed by atoms with van der Waals surface area (Å²) < 4.78 is 2.00. The van der Waals surface area contributed by atoms with E-state index in [0.29, 0.717) is 0 Å². The molecule has 4 heteroatoms. The number of rotatable bonds is 1. The predicted octanol–water partition coefficient (Wildman–Crippen LogP) is 1.49. The molecule has 0 unspecified atom stereocenters. The molecule has 0 aromatic heterocycles. The van der Waals surface area contributed by atoms with Crippen molar-refractivity contribution in [3.05, 3.63) is 23.5 Å². The summed E-state index contributed by atoms with van der Waals surface area (Å²) in [7, 11) is 2.02. The van der Waals surface area contributed by atoms with Crippen LogP contribution in [0.4, 0.5) is 0 Å². The van der Waals surface area contributed by atoms with Gasteiger partial charge in [0, 0.05) is 25.2 Å². The Morgan fingerprint density at radius 3 is 3.08 bits per heavy atom. The van der Waals surface area contributed by atoms with Crippen LogP contribution < -0.4 is 5.43 Å². The van der Waals surface area contributed by atoms with Gasteiger partial charge in [0.2, 0.25) is 0 Å². The highest BCUT2D eigenvalue weighted by Crippen LogP contribution is 2.21. The maximum absolute atomic E-state index is 3.26. The highest BCUT2D eigenvalue weighted by molar-refractivity contribution is 8.00. The zero-order chi connectivity index (χ0) is 8.39. The van der Waals surface area contributed by atoms with E-state index >= 15 is 0 Å². The van der Waals surface area contributed by atoms with Crippen LogP contribution in [0.3, 0.4) is 0 Å². The fourth-order valence-electron chi connectivity index (χ4n) is 1.33. The SMILES string of the molecule is CN1NC(N2C=CCCC2)=CS1. The number of allylic oxidation sites excluding steroid dienone is 1. The molecule has 3 nitrogen and oxygen atoms in total. The Hall–Kier alpha value is -0.610. The van der Waals surface area contributed by atoms with Crippen molar-refractivity contribution in [2.75, 3.05) is 13.6 Å². The van der Waals surface area contributed by atoms with Gasteiger partial charge in [-0.1, -0.05) is 6.08 Å². The monoisotopic (exact) mass is 183 g/mol. The number of nitrogens with zero attached hydrogens (tertiary/aromatic N) is 2. The van der Waals surface area contributed by atoms with E-state index in [1.165, 1.54) is 18.7 Å². The van der Waals surface area contributed by atoms with Gasteiger partial charge < -0.3 is 4.90 Å². The molecule has 0 aromatic carbocycles. The normalized spacial score (nSPS) is 24.1. The largest absolute Gasteiger partial charge is 0.334 e. The summed E-state index contributed by atoms with van der Waals surface area (Å²) in [5.74, 6) is 1.19. The van der Waals surface area contributed by atoms with Crippen LogP contribution in [0.2, 0.25) is 0 Å². The Kier molecular flexibility index (Phi) is 2.28. The first-order chi connectivity index (χ1) is 5.86. The Labute approximate surface area is 77.2 Å². The summed E-state index contributed by atoms with van der Waals surface area (Å²) >= 11 is 1.68. The molecule has 2 heterocycles. The highest BCUT2D eigenvalue weighted by atomic mass is 32.2. The van der Waals surface area contributed by atoms with Crippen LogP contribution in [0, 0.1) is 0 Å². The lowest BCUT2D eigenvalue weighted by Gasteiger charge is -2.25. The molecule has 0 bridgehead atoms. The molecule has 66 valence electrons.